The fourth-order valence-corrected chi connectivity index (χ4v) is 3.49. The topological polar surface area (TPSA) is 62.6 Å². The third kappa shape index (κ3) is 5.93. The van der Waals surface area contributed by atoms with Gasteiger partial charge >= 0.3 is 0 Å². The summed E-state index contributed by atoms with van der Waals surface area (Å²) in [6.45, 7) is 3.15. The van der Waals surface area contributed by atoms with Crippen LogP contribution in [-0.2, 0) is 17.1 Å². The summed E-state index contributed by atoms with van der Waals surface area (Å²) in [4.78, 5) is 14.4. The van der Waals surface area contributed by atoms with E-state index < -0.39 is 0 Å². The van der Waals surface area contributed by atoms with Gasteiger partial charge in [0.2, 0.25) is 5.91 Å². The van der Waals surface area contributed by atoms with Gasteiger partial charge in [-0.05, 0) is 42.3 Å². The minimum absolute atomic E-state index is 0.103. The molecular weight excluding hydrogens is 360 g/mol. The Balaban J connectivity index is 1.90. The van der Waals surface area contributed by atoms with E-state index in [1.54, 1.807) is 38.1 Å². The van der Waals surface area contributed by atoms with E-state index in [1.165, 1.54) is 0 Å². The molecule has 2 aromatic rings. The van der Waals surface area contributed by atoms with Crippen molar-refractivity contribution in [1.29, 1.82) is 5.26 Å². The highest BCUT2D eigenvalue weighted by atomic mass is 32.2. The van der Waals surface area contributed by atoms with Gasteiger partial charge in [-0.25, -0.2) is 0 Å². The molecule has 0 aliphatic heterocycles. The zero-order valence-corrected chi connectivity index (χ0v) is 16.7. The van der Waals surface area contributed by atoms with E-state index >= 15 is 0 Å². The molecule has 0 spiro atoms. The lowest BCUT2D eigenvalue weighted by Gasteiger charge is -2.21. The van der Waals surface area contributed by atoms with Gasteiger partial charge in [-0.15, -0.1) is 11.8 Å². The van der Waals surface area contributed by atoms with E-state index in [0.29, 0.717) is 35.9 Å². The van der Waals surface area contributed by atoms with Crippen molar-refractivity contribution in [1.82, 2.24) is 4.90 Å². The molecule has 0 atom stereocenters. The highest BCUT2D eigenvalue weighted by molar-refractivity contribution is 7.99. The SMILES string of the molecule is CCN(Cc1ccc(OC)c(OC)c1)C(=O)CSCc1ccc(C#N)cc1. The number of nitrogens with zero attached hydrogens (tertiary/aromatic N) is 2. The molecule has 0 bridgehead atoms. The lowest BCUT2D eigenvalue weighted by Crippen LogP contribution is -2.31. The van der Waals surface area contributed by atoms with Crippen LogP contribution >= 0.6 is 11.8 Å². The quantitative estimate of drug-likeness (QED) is 0.657. The molecule has 142 valence electrons. The highest BCUT2D eigenvalue weighted by Crippen LogP contribution is 2.28. The van der Waals surface area contributed by atoms with Crippen LogP contribution in [0.25, 0.3) is 0 Å². The van der Waals surface area contributed by atoms with Crippen LogP contribution < -0.4 is 9.47 Å². The van der Waals surface area contributed by atoms with Gasteiger partial charge in [0, 0.05) is 18.8 Å². The van der Waals surface area contributed by atoms with E-state index in [9.17, 15) is 4.79 Å². The van der Waals surface area contributed by atoms with Crippen molar-refractivity contribution in [3.63, 3.8) is 0 Å². The summed E-state index contributed by atoms with van der Waals surface area (Å²) in [6, 6.07) is 15.3. The first-order valence-electron chi connectivity index (χ1n) is 8.66. The molecule has 0 radical (unpaired) electrons. The van der Waals surface area contributed by atoms with Crippen LogP contribution in [0.5, 0.6) is 11.5 Å². The molecule has 0 unspecified atom stereocenters. The molecule has 27 heavy (non-hydrogen) atoms. The molecular formula is C21H24N2O3S. The number of hydrogen-bond donors (Lipinski definition) is 0. The molecule has 5 nitrogen and oxygen atoms in total. The van der Waals surface area contributed by atoms with E-state index in [1.807, 2.05) is 42.2 Å². The number of ether oxygens (including phenoxy) is 2. The smallest absolute Gasteiger partial charge is 0.232 e. The number of carbonyl (C=O) groups is 1. The summed E-state index contributed by atoms with van der Waals surface area (Å²) in [5.74, 6) is 2.60. The molecule has 1 amide bonds. The van der Waals surface area contributed by atoms with Crippen molar-refractivity contribution in [3.05, 3.63) is 59.2 Å². The number of amides is 1. The number of rotatable bonds is 9. The Bertz CT molecular complexity index is 800. The molecule has 0 heterocycles. The van der Waals surface area contributed by atoms with Crippen molar-refractivity contribution < 1.29 is 14.3 Å². The molecule has 0 aliphatic rings. The predicted octanol–water partition coefficient (Wildman–Crippen LogP) is 3.86. The van der Waals surface area contributed by atoms with E-state index in [4.69, 9.17) is 14.7 Å². The monoisotopic (exact) mass is 384 g/mol. The van der Waals surface area contributed by atoms with Gasteiger partial charge < -0.3 is 14.4 Å². The van der Waals surface area contributed by atoms with Crippen molar-refractivity contribution in [2.45, 2.75) is 19.2 Å². The highest BCUT2D eigenvalue weighted by Gasteiger charge is 2.14. The minimum atomic E-state index is 0.103. The lowest BCUT2D eigenvalue weighted by molar-refractivity contribution is -0.128. The van der Waals surface area contributed by atoms with E-state index in [0.717, 1.165) is 16.9 Å². The fraction of sp³-hybridized carbons (Fsp3) is 0.333. The Hall–Kier alpha value is -2.65. The third-order valence-corrected chi connectivity index (χ3v) is 5.12. The molecule has 0 aromatic heterocycles. The molecule has 6 heteroatoms. The van der Waals surface area contributed by atoms with Crippen LogP contribution in [-0.4, -0.2) is 37.3 Å². The molecule has 0 aliphatic carbocycles. The van der Waals surface area contributed by atoms with Crippen LogP contribution in [0.3, 0.4) is 0 Å². The Kier molecular flexibility index (Phi) is 8.02. The Labute approximate surface area is 164 Å². The summed E-state index contributed by atoms with van der Waals surface area (Å²) < 4.78 is 10.6. The van der Waals surface area contributed by atoms with Crippen LogP contribution in [0.1, 0.15) is 23.6 Å². The second kappa shape index (κ2) is 10.5. The van der Waals surface area contributed by atoms with Gasteiger partial charge in [0.15, 0.2) is 11.5 Å². The number of benzene rings is 2. The number of nitriles is 1. The van der Waals surface area contributed by atoms with Crippen LogP contribution in [0.15, 0.2) is 42.5 Å². The minimum Gasteiger partial charge on any atom is -0.493 e. The van der Waals surface area contributed by atoms with Crippen LogP contribution in [0.2, 0.25) is 0 Å². The third-order valence-electron chi connectivity index (χ3n) is 4.13. The summed E-state index contributed by atoms with van der Waals surface area (Å²) in [5.41, 5.74) is 2.75. The Morgan fingerprint density at radius 1 is 1.07 bits per heavy atom. The van der Waals surface area contributed by atoms with Crippen molar-refractivity contribution in [2.75, 3.05) is 26.5 Å². The summed E-state index contributed by atoms with van der Waals surface area (Å²) in [5, 5.41) is 8.83. The first kappa shape index (κ1) is 20.7. The maximum Gasteiger partial charge on any atom is 0.232 e. The van der Waals surface area contributed by atoms with E-state index in [2.05, 4.69) is 6.07 Å². The van der Waals surface area contributed by atoms with Gasteiger partial charge in [0.05, 0.1) is 31.6 Å². The largest absolute Gasteiger partial charge is 0.493 e. The standard InChI is InChI=1S/C21H24N2O3S/c1-4-23(13-18-9-10-19(25-2)20(11-18)26-3)21(24)15-27-14-17-7-5-16(12-22)6-8-17/h5-11H,4,13-15H2,1-3H3. The Morgan fingerprint density at radius 2 is 1.74 bits per heavy atom. The zero-order valence-electron chi connectivity index (χ0n) is 15.9. The summed E-state index contributed by atoms with van der Waals surface area (Å²) >= 11 is 1.58. The van der Waals surface area contributed by atoms with Crippen molar-refractivity contribution in [3.8, 4) is 17.6 Å². The van der Waals surface area contributed by atoms with Gasteiger partial charge in [0.25, 0.3) is 0 Å². The molecule has 0 saturated heterocycles. The maximum atomic E-state index is 12.6. The van der Waals surface area contributed by atoms with Gasteiger partial charge in [-0.3, -0.25) is 4.79 Å². The maximum absolute atomic E-state index is 12.6. The van der Waals surface area contributed by atoms with Crippen LogP contribution in [0.4, 0.5) is 0 Å². The average Bonchev–Trinajstić information content (AvgIpc) is 2.72. The molecule has 0 N–H and O–H groups in total. The van der Waals surface area contributed by atoms with Crippen molar-refractivity contribution >= 4 is 17.7 Å². The fourth-order valence-electron chi connectivity index (χ4n) is 2.60. The second-order valence-electron chi connectivity index (χ2n) is 5.90. The number of methoxy groups -OCH3 is 2. The molecule has 0 fully saturated rings. The summed E-state index contributed by atoms with van der Waals surface area (Å²) in [7, 11) is 3.20. The summed E-state index contributed by atoms with van der Waals surface area (Å²) in [6.07, 6.45) is 0. The molecule has 2 aromatic carbocycles. The first-order chi connectivity index (χ1) is 13.1. The Morgan fingerprint density at radius 3 is 2.33 bits per heavy atom. The zero-order chi connectivity index (χ0) is 19.6. The normalized spacial score (nSPS) is 10.1. The first-order valence-corrected chi connectivity index (χ1v) is 9.82. The molecule has 0 saturated carbocycles. The number of hydrogen-bond acceptors (Lipinski definition) is 5. The number of thioether (sulfide) groups is 1. The van der Waals surface area contributed by atoms with Gasteiger partial charge in [0.1, 0.15) is 0 Å². The van der Waals surface area contributed by atoms with E-state index in [-0.39, 0.29) is 5.91 Å². The van der Waals surface area contributed by atoms with Crippen molar-refractivity contribution in [2.24, 2.45) is 0 Å². The molecule has 2 rings (SSSR count). The average molecular weight is 385 g/mol. The predicted molar refractivity (Wildman–Crippen MR) is 108 cm³/mol. The van der Waals surface area contributed by atoms with Crippen LogP contribution in [0, 0.1) is 11.3 Å². The second-order valence-corrected chi connectivity index (χ2v) is 6.88. The van der Waals surface area contributed by atoms with Gasteiger partial charge in [-0.2, -0.15) is 5.26 Å². The van der Waals surface area contributed by atoms with Gasteiger partial charge in [-0.1, -0.05) is 18.2 Å². The number of carbonyl (C=O) groups excluding carboxylic acids is 1. The lowest BCUT2D eigenvalue weighted by atomic mass is 10.2.